The van der Waals surface area contributed by atoms with Crippen molar-refractivity contribution in [3.63, 3.8) is 0 Å². The van der Waals surface area contributed by atoms with Crippen molar-refractivity contribution in [2.45, 2.75) is 43.0 Å². The van der Waals surface area contributed by atoms with Gasteiger partial charge in [0.2, 0.25) is 0 Å². The first-order valence-corrected chi connectivity index (χ1v) is 14.7. The zero-order chi connectivity index (χ0) is 29.3. The lowest BCUT2D eigenvalue weighted by molar-refractivity contribution is 0.200. The number of rotatable bonds is 7. The van der Waals surface area contributed by atoms with Gasteiger partial charge in [0.15, 0.2) is 17.8 Å². The molecule has 3 atom stereocenters. The molecule has 2 heterocycles. The third-order valence-corrected chi connectivity index (χ3v) is 8.94. The third kappa shape index (κ3) is 5.48. The SMILES string of the molecule is CSC1c2cc[nH]c2C(F)=C(F)C1Oc1ccc(F)c(-c2ncc(C3(C)CC\C(CCO)=C/C(Cl)=C\C3=C\O)[nH]2)c1. The van der Waals surface area contributed by atoms with E-state index in [2.05, 4.69) is 15.0 Å². The van der Waals surface area contributed by atoms with Crippen LogP contribution in [0.5, 0.6) is 5.75 Å². The average molecular weight is 604 g/mol. The Balaban J connectivity index is 1.46. The lowest BCUT2D eigenvalue weighted by atomic mass is 9.74. The van der Waals surface area contributed by atoms with E-state index in [0.717, 1.165) is 11.8 Å². The van der Waals surface area contributed by atoms with E-state index >= 15 is 8.78 Å². The predicted octanol–water partition coefficient (Wildman–Crippen LogP) is 7.94. The molecule has 3 aromatic rings. The van der Waals surface area contributed by atoms with Crippen molar-refractivity contribution in [1.82, 2.24) is 15.0 Å². The van der Waals surface area contributed by atoms with Crippen molar-refractivity contribution in [2.75, 3.05) is 12.9 Å². The van der Waals surface area contributed by atoms with Gasteiger partial charge in [-0.1, -0.05) is 17.2 Å². The number of aromatic nitrogens is 3. The Morgan fingerprint density at radius 1 is 1.24 bits per heavy atom. The van der Waals surface area contributed by atoms with Crippen molar-refractivity contribution in [3.05, 3.63) is 99.8 Å². The monoisotopic (exact) mass is 603 g/mol. The summed E-state index contributed by atoms with van der Waals surface area (Å²) in [6.07, 6.45) is 9.70. The molecule has 3 unspecified atom stereocenters. The molecule has 1 aromatic carbocycles. The number of fused-ring (bicyclic) bond motifs is 1. The van der Waals surface area contributed by atoms with Gasteiger partial charge in [0.25, 0.3) is 0 Å². The molecule has 0 saturated heterocycles. The van der Waals surface area contributed by atoms with Gasteiger partial charge < -0.3 is 24.9 Å². The fourth-order valence-corrected chi connectivity index (χ4v) is 6.48. The molecule has 2 aliphatic rings. The van der Waals surface area contributed by atoms with Gasteiger partial charge in [0, 0.05) is 35.1 Å². The number of aliphatic hydroxyl groups excluding tert-OH is 2. The predicted molar refractivity (Wildman–Crippen MR) is 156 cm³/mol. The number of benzene rings is 1. The van der Waals surface area contributed by atoms with Crippen LogP contribution in [-0.4, -0.2) is 44.1 Å². The lowest BCUT2D eigenvalue weighted by Crippen LogP contribution is -2.28. The first-order chi connectivity index (χ1) is 19.7. The highest BCUT2D eigenvalue weighted by Crippen LogP contribution is 2.46. The molecule has 0 spiro atoms. The highest BCUT2D eigenvalue weighted by atomic mass is 35.5. The zero-order valence-electron chi connectivity index (χ0n) is 22.3. The summed E-state index contributed by atoms with van der Waals surface area (Å²) in [5.74, 6) is -2.29. The summed E-state index contributed by atoms with van der Waals surface area (Å²) >= 11 is 7.72. The van der Waals surface area contributed by atoms with E-state index in [4.69, 9.17) is 16.3 Å². The Morgan fingerprint density at radius 2 is 2.05 bits per heavy atom. The van der Waals surface area contributed by atoms with E-state index in [1.807, 2.05) is 6.92 Å². The van der Waals surface area contributed by atoms with Crippen LogP contribution >= 0.6 is 23.4 Å². The standard InChI is InChI=1S/C30H29ClF3N3O3S/c1-30(8-5-16(7-10-38)11-18(31)12-17(30)15-39)23-14-36-29(37-23)21-13-19(3-4-22(21)32)40-27-25(34)24(33)26-20(6-9-35-26)28(27)41-2/h3-4,6,9,11-15,27-28,35,38-39H,5,7-8,10H2,1-2H3,(H,36,37)/b16-11+,17-15-,18-12+. The molecule has 11 heteroatoms. The van der Waals surface area contributed by atoms with E-state index in [1.54, 1.807) is 36.9 Å². The maximum absolute atomic E-state index is 15.1. The minimum atomic E-state index is -1.25. The quantitative estimate of drug-likeness (QED) is 0.206. The van der Waals surface area contributed by atoms with Gasteiger partial charge in [0.1, 0.15) is 17.4 Å². The second-order valence-corrected chi connectivity index (χ2v) is 11.6. The van der Waals surface area contributed by atoms with Crippen LogP contribution in [0, 0.1) is 5.82 Å². The number of ether oxygens (including phenoxy) is 1. The molecule has 41 heavy (non-hydrogen) atoms. The maximum atomic E-state index is 15.1. The van der Waals surface area contributed by atoms with E-state index < -0.39 is 34.2 Å². The fraction of sp³-hybridized carbons (Fsp3) is 0.300. The van der Waals surface area contributed by atoms with Crippen molar-refractivity contribution in [2.24, 2.45) is 0 Å². The number of H-pyrrole nitrogens is 2. The second kappa shape index (κ2) is 11.9. The Morgan fingerprint density at radius 3 is 2.78 bits per heavy atom. The second-order valence-electron chi connectivity index (χ2n) is 10.2. The normalized spacial score (nSPS) is 26.6. The van der Waals surface area contributed by atoms with Gasteiger partial charge in [-0.3, -0.25) is 0 Å². The number of thioether (sulfide) groups is 1. The van der Waals surface area contributed by atoms with Gasteiger partial charge in [-0.05, 0) is 80.0 Å². The van der Waals surface area contributed by atoms with Gasteiger partial charge in [-0.15, -0.1) is 0 Å². The molecule has 0 aliphatic heterocycles. The van der Waals surface area contributed by atoms with E-state index in [0.29, 0.717) is 41.1 Å². The smallest absolute Gasteiger partial charge is 0.182 e. The van der Waals surface area contributed by atoms with Crippen molar-refractivity contribution in [1.29, 1.82) is 0 Å². The van der Waals surface area contributed by atoms with Crippen molar-refractivity contribution in [3.8, 4) is 17.1 Å². The minimum Gasteiger partial charge on any atom is -0.515 e. The topological polar surface area (TPSA) is 94.2 Å². The van der Waals surface area contributed by atoms with Crippen molar-refractivity contribution >= 4 is 29.2 Å². The number of hydrogen-bond acceptors (Lipinski definition) is 5. The number of halogens is 4. The summed E-state index contributed by atoms with van der Waals surface area (Å²) in [6, 6.07) is 5.64. The number of nitrogens with one attached hydrogen (secondary N) is 2. The van der Waals surface area contributed by atoms with Gasteiger partial charge >= 0.3 is 0 Å². The summed E-state index contributed by atoms with van der Waals surface area (Å²) < 4.78 is 50.9. The molecule has 5 rings (SSSR count). The number of allylic oxidation sites excluding steroid dienone is 4. The Bertz CT molecular complexity index is 1580. The summed E-state index contributed by atoms with van der Waals surface area (Å²) in [6.45, 7) is 1.90. The Hall–Kier alpha value is -3.34. The summed E-state index contributed by atoms with van der Waals surface area (Å²) in [5.41, 5.74) is 2.09. The van der Waals surface area contributed by atoms with Crippen LogP contribution in [0.25, 0.3) is 17.2 Å². The summed E-state index contributed by atoms with van der Waals surface area (Å²) in [4.78, 5) is 10.3. The number of aliphatic hydroxyl groups is 2. The molecule has 6 nitrogen and oxygen atoms in total. The Kier molecular flexibility index (Phi) is 8.45. The minimum absolute atomic E-state index is 0.0153. The van der Waals surface area contributed by atoms with Gasteiger partial charge in [0.05, 0.1) is 22.8 Å². The van der Waals surface area contributed by atoms with Gasteiger partial charge in [-0.25, -0.2) is 18.2 Å². The summed E-state index contributed by atoms with van der Waals surface area (Å²) in [5, 5.41) is 19.4. The van der Waals surface area contributed by atoms with E-state index in [-0.39, 0.29) is 29.4 Å². The van der Waals surface area contributed by atoms with E-state index in [1.165, 1.54) is 30.0 Å². The number of hydrogen-bond donors (Lipinski definition) is 4. The molecule has 0 bridgehead atoms. The molecule has 0 saturated carbocycles. The van der Waals surface area contributed by atoms with E-state index in [9.17, 15) is 14.6 Å². The average Bonchev–Trinajstić information content (AvgIpc) is 3.65. The largest absolute Gasteiger partial charge is 0.515 e. The highest BCUT2D eigenvalue weighted by Gasteiger charge is 2.39. The van der Waals surface area contributed by atoms with Crippen LogP contribution in [0.4, 0.5) is 13.2 Å². The molecule has 0 amide bonds. The number of aromatic amines is 2. The van der Waals surface area contributed by atoms with Crippen LogP contribution < -0.4 is 4.74 Å². The molecule has 216 valence electrons. The first-order valence-electron chi connectivity index (χ1n) is 13.0. The van der Waals surface area contributed by atoms with Crippen LogP contribution in [0.1, 0.15) is 48.4 Å². The molecule has 0 radical (unpaired) electrons. The fourth-order valence-electron chi connectivity index (χ4n) is 5.34. The highest BCUT2D eigenvalue weighted by molar-refractivity contribution is 7.98. The zero-order valence-corrected chi connectivity index (χ0v) is 23.9. The number of imidazole rings is 1. The Labute approximate surface area is 244 Å². The maximum Gasteiger partial charge on any atom is 0.182 e. The molecular weight excluding hydrogens is 575 g/mol. The molecule has 2 aliphatic carbocycles. The van der Waals surface area contributed by atoms with Crippen LogP contribution in [0.15, 0.2) is 77.1 Å². The lowest BCUT2D eigenvalue weighted by Gasteiger charge is -2.31. The number of nitrogens with zero attached hydrogens (tertiary/aromatic N) is 1. The molecule has 4 N–H and O–H groups in total. The third-order valence-electron chi connectivity index (χ3n) is 7.71. The molecule has 0 fully saturated rings. The van der Waals surface area contributed by atoms with Crippen LogP contribution in [0.2, 0.25) is 0 Å². The van der Waals surface area contributed by atoms with Gasteiger partial charge in [-0.2, -0.15) is 11.8 Å². The first kappa shape index (κ1) is 29.2. The molecule has 2 aromatic heterocycles. The van der Waals surface area contributed by atoms with Crippen LogP contribution in [-0.2, 0) is 5.41 Å². The molecular formula is C30H29ClF3N3O3S. The van der Waals surface area contributed by atoms with Crippen LogP contribution in [0.3, 0.4) is 0 Å². The van der Waals surface area contributed by atoms with Crippen molar-refractivity contribution < 1.29 is 28.1 Å². The summed E-state index contributed by atoms with van der Waals surface area (Å²) in [7, 11) is 0.